The molecule has 112 valence electrons. The Hall–Kier alpha value is -1.30. The Morgan fingerprint density at radius 3 is 2.86 bits per heavy atom. The first-order valence-corrected chi connectivity index (χ1v) is 7.78. The van der Waals surface area contributed by atoms with Crippen LogP contribution >= 0.6 is 27.5 Å². The number of carbonyl (C=O) groups excluding carboxylic acids is 1. The SMILES string of the molecule is O=C(CCl)Nc1ccc(Br)cc1C(CCO)c1ccco1. The summed E-state index contributed by atoms with van der Waals surface area (Å²) in [6, 6.07) is 9.21. The third-order valence-corrected chi connectivity index (χ3v) is 3.82. The van der Waals surface area contributed by atoms with Gasteiger partial charge in [0.1, 0.15) is 11.6 Å². The fourth-order valence-corrected chi connectivity index (χ4v) is 2.63. The molecule has 1 heterocycles. The van der Waals surface area contributed by atoms with Gasteiger partial charge < -0.3 is 14.8 Å². The summed E-state index contributed by atoms with van der Waals surface area (Å²) in [5, 5.41) is 12.1. The molecular weight excluding hydrogens is 358 g/mol. The molecule has 1 amide bonds. The van der Waals surface area contributed by atoms with Crippen molar-refractivity contribution in [1.82, 2.24) is 0 Å². The van der Waals surface area contributed by atoms with E-state index in [9.17, 15) is 9.90 Å². The topological polar surface area (TPSA) is 62.5 Å². The molecule has 2 rings (SSSR count). The van der Waals surface area contributed by atoms with Crippen molar-refractivity contribution in [2.24, 2.45) is 0 Å². The van der Waals surface area contributed by atoms with Gasteiger partial charge in [-0.25, -0.2) is 0 Å². The maximum atomic E-state index is 11.6. The standard InChI is InChI=1S/C15H15BrClNO3/c16-10-3-4-13(18-15(20)9-17)12(8-10)11(5-6-19)14-2-1-7-21-14/h1-4,7-8,11,19H,5-6,9H2,(H,18,20). The summed E-state index contributed by atoms with van der Waals surface area (Å²) in [4.78, 5) is 11.6. The van der Waals surface area contributed by atoms with Crippen LogP contribution in [-0.4, -0.2) is 23.5 Å². The number of hydrogen-bond donors (Lipinski definition) is 2. The van der Waals surface area contributed by atoms with Gasteiger partial charge in [0.15, 0.2) is 0 Å². The number of nitrogens with one attached hydrogen (secondary N) is 1. The third-order valence-electron chi connectivity index (χ3n) is 3.09. The van der Waals surface area contributed by atoms with E-state index in [-0.39, 0.29) is 24.3 Å². The Morgan fingerprint density at radius 2 is 2.24 bits per heavy atom. The molecule has 0 radical (unpaired) electrons. The van der Waals surface area contributed by atoms with Crippen molar-refractivity contribution in [2.45, 2.75) is 12.3 Å². The number of furan rings is 1. The molecule has 0 aliphatic carbocycles. The zero-order valence-electron chi connectivity index (χ0n) is 11.2. The number of carbonyl (C=O) groups is 1. The molecule has 0 spiro atoms. The number of anilines is 1. The highest BCUT2D eigenvalue weighted by Crippen LogP contribution is 2.35. The van der Waals surface area contributed by atoms with Gasteiger partial charge in [-0.3, -0.25) is 4.79 Å². The van der Waals surface area contributed by atoms with E-state index in [1.807, 2.05) is 18.2 Å². The van der Waals surface area contributed by atoms with E-state index in [1.165, 1.54) is 0 Å². The van der Waals surface area contributed by atoms with E-state index in [2.05, 4.69) is 21.2 Å². The van der Waals surface area contributed by atoms with Gasteiger partial charge in [0, 0.05) is 22.7 Å². The zero-order valence-corrected chi connectivity index (χ0v) is 13.5. The van der Waals surface area contributed by atoms with Crippen LogP contribution in [0.1, 0.15) is 23.7 Å². The van der Waals surface area contributed by atoms with E-state index in [4.69, 9.17) is 16.0 Å². The monoisotopic (exact) mass is 371 g/mol. The van der Waals surface area contributed by atoms with Crippen LogP contribution < -0.4 is 5.32 Å². The van der Waals surface area contributed by atoms with E-state index >= 15 is 0 Å². The molecule has 1 atom stereocenters. The van der Waals surface area contributed by atoms with Crippen LogP contribution in [0, 0.1) is 0 Å². The molecule has 0 fully saturated rings. The van der Waals surface area contributed by atoms with Gasteiger partial charge in [-0.15, -0.1) is 11.6 Å². The van der Waals surface area contributed by atoms with E-state index in [0.717, 1.165) is 15.8 Å². The predicted molar refractivity (Wildman–Crippen MR) is 85.7 cm³/mol. The van der Waals surface area contributed by atoms with Crippen molar-refractivity contribution in [2.75, 3.05) is 17.8 Å². The molecular formula is C15H15BrClNO3. The summed E-state index contributed by atoms with van der Waals surface area (Å²) < 4.78 is 6.35. The molecule has 0 saturated carbocycles. The number of aliphatic hydroxyl groups is 1. The van der Waals surface area contributed by atoms with Crippen LogP contribution in [0.4, 0.5) is 5.69 Å². The molecule has 2 aromatic rings. The lowest BCUT2D eigenvalue weighted by Crippen LogP contribution is -2.15. The summed E-state index contributed by atoms with van der Waals surface area (Å²) in [5.74, 6) is 0.208. The number of halogens is 2. The molecule has 0 aliphatic heterocycles. The third kappa shape index (κ3) is 4.09. The Kier molecular flexibility index (Phi) is 5.85. The minimum absolute atomic E-state index is 0.0147. The van der Waals surface area contributed by atoms with Crippen LogP contribution in [0.2, 0.25) is 0 Å². The maximum absolute atomic E-state index is 11.6. The first kappa shape index (κ1) is 16.1. The first-order valence-electron chi connectivity index (χ1n) is 6.45. The maximum Gasteiger partial charge on any atom is 0.239 e. The van der Waals surface area contributed by atoms with Crippen molar-refractivity contribution >= 4 is 39.1 Å². The molecule has 2 N–H and O–H groups in total. The Morgan fingerprint density at radius 1 is 1.43 bits per heavy atom. The minimum atomic E-state index is -0.276. The van der Waals surface area contributed by atoms with Gasteiger partial charge in [0.2, 0.25) is 5.91 Å². The zero-order chi connectivity index (χ0) is 15.2. The summed E-state index contributed by atoms with van der Waals surface area (Å²) >= 11 is 8.98. The van der Waals surface area contributed by atoms with Crippen LogP contribution in [0.15, 0.2) is 45.5 Å². The first-order chi connectivity index (χ1) is 10.2. The highest BCUT2D eigenvalue weighted by Gasteiger charge is 2.21. The largest absolute Gasteiger partial charge is 0.469 e. The van der Waals surface area contributed by atoms with E-state index in [0.29, 0.717) is 12.1 Å². The van der Waals surface area contributed by atoms with Crippen molar-refractivity contribution in [3.63, 3.8) is 0 Å². The Labute approximate surface area is 136 Å². The van der Waals surface area contributed by atoms with Crippen LogP contribution in [0.3, 0.4) is 0 Å². The fraction of sp³-hybridized carbons (Fsp3) is 0.267. The van der Waals surface area contributed by atoms with Crippen molar-refractivity contribution in [3.8, 4) is 0 Å². The second kappa shape index (κ2) is 7.64. The predicted octanol–water partition coefficient (Wildman–Crippen LogP) is 3.73. The Balaban J connectivity index is 2.42. The lowest BCUT2D eigenvalue weighted by Gasteiger charge is -2.19. The van der Waals surface area contributed by atoms with Gasteiger partial charge in [0.25, 0.3) is 0 Å². The quantitative estimate of drug-likeness (QED) is 0.759. The van der Waals surface area contributed by atoms with Crippen molar-refractivity contribution < 1.29 is 14.3 Å². The van der Waals surface area contributed by atoms with Gasteiger partial charge in [0.05, 0.1) is 6.26 Å². The molecule has 1 unspecified atom stereocenters. The molecule has 0 aliphatic rings. The van der Waals surface area contributed by atoms with E-state index in [1.54, 1.807) is 18.4 Å². The molecule has 4 nitrogen and oxygen atoms in total. The number of benzene rings is 1. The molecule has 0 bridgehead atoms. The number of aliphatic hydroxyl groups excluding tert-OH is 1. The van der Waals surface area contributed by atoms with Crippen LogP contribution in [0.25, 0.3) is 0 Å². The lowest BCUT2D eigenvalue weighted by atomic mass is 9.92. The van der Waals surface area contributed by atoms with Crippen molar-refractivity contribution in [3.05, 3.63) is 52.4 Å². The highest BCUT2D eigenvalue weighted by atomic mass is 79.9. The highest BCUT2D eigenvalue weighted by molar-refractivity contribution is 9.10. The summed E-state index contributed by atoms with van der Waals surface area (Å²) in [7, 11) is 0. The van der Waals surface area contributed by atoms with Crippen LogP contribution in [-0.2, 0) is 4.79 Å². The summed E-state index contributed by atoms with van der Waals surface area (Å²) in [6.45, 7) is 0.0147. The number of amides is 1. The molecule has 1 aromatic heterocycles. The van der Waals surface area contributed by atoms with Gasteiger partial charge >= 0.3 is 0 Å². The number of alkyl halides is 1. The summed E-state index contributed by atoms with van der Waals surface area (Å²) in [5.41, 5.74) is 1.53. The van der Waals surface area contributed by atoms with Gasteiger partial charge in [-0.2, -0.15) is 0 Å². The second-order valence-electron chi connectivity index (χ2n) is 4.49. The number of hydrogen-bond acceptors (Lipinski definition) is 3. The normalized spacial score (nSPS) is 12.1. The lowest BCUT2D eigenvalue weighted by molar-refractivity contribution is -0.113. The average Bonchev–Trinajstić information content (AvgIpc) is 3.00. The van der Waals surface area contributed by atoms with Crippen molar-refractivity contribution in [1.29, 1.82) is 0 Å². The molecule has 1 aromatic carbocycles. The molecule has 21 heavy (non-hydrogen) atoms. The minimum Gasteiger partial charge on any atom is -0.469 e. The molecule has 6 heteroatoms. The van der Waals surface area contributed by atoms with Gasteiger partial charge in [-0.05, 0) is 42.3 Å². The van der Waals surface area contributed by atoms with E-state index < -0.39 is 0 Å². The number of rotatable bonds is 6. The summed E-state index contributed by atoms with van der Waals surface area (Å²) in [6.07, 6.45) is 2.09. The van der Waals surface area contributed by atoms with Crippen LogP contribution in [0.5, 0.6) is 0 Å². The molecule has 0 saturated heterocycles. The second-order valence-corrected chi connectivity index (χ2v) is 5.68. The smallest absolute Gasteiger partial charge is 0.239 e. The van der Waals surface area contributed by atoms with Gasteiger partial charge in [-0.1, -0.05) is 15.9 Å². The average molecular weight is 373 g/mol. The Bertz CT molecular complexity index is 601. The fourth-order valence-electron chi connectivity index (χ4n) is 2.19.